The van der Waals surface area contributed by atoms with Crippen molar-refractivity contribution in [2.24, 2.45) is 11.7 Å². The van der Waals surface area contributed by atoms with Crippen LogP contribution >= 0.6 is 39.5 Å². The third kappa shape index (κ3) is 3.05. The Kier molecular flexibility index (Phi) is 4.17. The van der Waals surface area contributed by atoms with Gasteiger partial charge in [0.05, 0.1) is 13.7 Å². The standard InChI is InChI=1S/C11H13BrN2OS2/c12-9-2-1-8(17-9)11(15)14-5-3-7(4-6-14)10(13)16/h1-2,7H,3-6H2,(H2,13,16). The van der Waals surface area contributed by atoms with E-state index >= 15 is 0 Å². The maximum atomic E-state index is 12.1. The Balaban J connectivity index is 1.97. The number of piperidine rings is 1. The summed E-state index contributed by atoms with van der Waals surface area (Å²) in [5.74, 6) is 0.409. The minimum absolute atomic E-state index is 0.113. The number of carbonyl (C=O) groups excluding carboxylic acids is 1. The van der Waals surface area contributed by atoms with E-state index in [0.29, 0.717) is 10.9 Å². The van der Waals surface area contributed by atoms with Gasteiger partial charge in [0.15, 0.2) is 0 Å². The van der Waals surface area contributed by atoms with Gasteiger partial charge in [0.2, 0.25) is 0 Å². The van der Waals surface area contributed by atoms with E-state index in [1.807, 2.05) is 17.0 Å². The van der Waals surface area contributed by atoms with Crippen LogP contribution in [0.1, 0.15) is 22.5 Å². The van der Waals surface area contributed by atoms with Gasteiger partial charge in [-0.05, 0) is 40.9 Å². The fourth-order valence-electron chi connectivity index (χ4n) is 1.95. The van der Waals surface area contributed by atoms with Gasteiger partial charge >= 0.3 is 0 Å². The average Bonchev–Trinajstić information content (AvgIpc) is 2.75. The van der Waals surface area contributed by atoms with Gasteiger partial charge in [-0.15, -0.1) is 11.3 Å². The minimum atomic E-state index is 0.113. The lowest BCUT2D eigenvalue weighted by Gasteiger charge is -2.31. The molecule has 2 N–H and O–H groups in total. The fourth-order valence-corrected chi connectivity index (χ4v) is 3.54. The van der Waals surface area contributed by atoms with Crippen LogP contribution in [0.3, 0.4) is 0 Å². The van der Waals surface area contributed by atoms with Crippen LogP contribution in [0.4, 0.5) is 0 Å². The number of hydrogen-bond donors (Lipinski definition) is 1. The van der Waals surface area contributed by atoms with Crippen LogP contribution in [0, 0.1) is 5.92 Å². The molecule has 92 valence electrons. The molecule has 1 aliphatic rings. The van der Waals surface area contributed by atoms with Gasteiger partial charge in [-0.2, -0.15) is 0 Å². The number of nitrogens with two attached hydrogens (primary N) is 1. The maximum Gasteiger partial charge on any atom is 0.263 e. The number of carbonyl (C=O) groups is 1. The first kappa shape index (κ1) is 13.0. The highest BCUT2D eigenvalue weighted by Crippen LogP contribution is 2.25. The highest BCUT2D eigenvalue weighted by atomic mass is 79.9. The molecule has 0 unspecified atom stereocenters. The summed E-state index contributed by atoms with van der Waals surface area (Å²) in [5.41, 5.74) is 5.63. The first-order valence-electron chi connectivity index (χ1n) is 5.42. The van der Waals surface area contributed by atoms with Crippen LogP contribution in [0.15, 0.2) is 15.9 Å². The van der Waals surface area contributed by atoms with E-state index in [-0.39, 0.29) is 5.91 Å². The van der Waals surface area contributed by atoms with Gasteiger partial charge in [-0.1, -0.05) is 12.2 Å². The van der Waals surface area contributed by atoms with Crippen molar-refractivity contribution in [1.29, 1.82) is 0 Å². The Bertz CT molecular complexity index is 438. The summed E-state index contributed by atoms with van der Waals surface area (Å²) in [6, 6.07) is 3.76. The Morgan fingerprint density at radius 2 is 2.12 bits per heavy atom. The van der Waals surface area contributed by atoms with Crippen molar-refractivity contribution in [3.05, 3.63) is 20.8 Å². The molecule has 1 saturated heterocycles. The molecule has 0 aliphatic carbocycles. The molecule has 2 rings (SSSR count). The summed E-state index contributed by atoms with van der Waals surface area (Å²) in [7, 11) is 0. The Hall–Kier alpha value is -0.460. The Morgan fingerprint density at radius 1 is 1.47 bits per heavy atom. The number of halogens is 1. The van der Waals surface area contributed by atoms with E-state index in [1.165, 1.54) is 11.3 Å². The molecule has 0 saturated carbocycles. The summed E-state index contributed by atoms with van der Waals surface area (Å²) < 4.78 is 0.985. The zero-order valence-corrected chi connectivity index (χ0v) is 12.4. The highest BCUT2D eigenvalue weighted by Gasteiger charge is 2.25. The van der Waals surface area contributed by atoms with Crippen LogP contribution in [0.2, 0.25) is 0 Å². The number of amides is 1. The summed E-state index contributed by atoms with van der Waals surface area (Å²) in [5, 5.41) is 0. The van der Waals surface area contributed by atoms with E-state index in [9.17, 15) is 4.79 Å². The molecule has 0 aromatic carbocycles. The molecule has 0 spiro atoms. The summed E-state index contributed by atoms with van der Waals surface area (Å²) >= 11 is 9.83. The molecule has 2 heterocycles. The van der Waals surface area contributed by atoms with Crippen LogP contribution < -0.4 is 5.73 Å². The van der Waals surface area contributed by atoms with Gasteiger partial charge in [0.1, 0.15) is 0 Å². The zero-order valence-electron chi connectivity index (χ0n) is 9.19. The topological polar surface area (TPSA) is 46.3 Å². The summed E-state index contributed by atoms with van der Waals surface area (Å²) in [4.78, 5) is 15.4. The first-order chi connectivity index (χ1) is 8.08. The van der Waals surface area contributed by atoms with Crippen LogP contribution in [0.5, 0.6) is 0 Å². The SMILES string of the molecule is NC(=S)C1CCN(C(=O)c2ccc(Br)s2)CC1. The predicted octanol–water partition coefficient (Wildman–Crippen LogP) is 2.65. The largest absolute Gasteiger partial charge is 0.393 e. The van der Waals surface area contributed by atoms with E-state index in [1.54, 1.807) is 0 Å². The second-order valence-electron chi connectivity index (χ2n) is 4.07. The molecular weight excluding hydrogens is 320 g/mol. The van der Waals surface area contributed by atoms with Crippen molar-refractivity contribution in [3.8, 4) is 0 Å². The van der Waals surface area contributed by atoms with Crippen molar-refractivity contribution < 1.29 is 4.79 Å². The van der Waals surface area contributed by atoms with Crippen molar-refractivity contribution in [1.82, 2.24) is 4.90 Å². The number of thiocarbonyl (C=S) groups is 1. The molecular formula is C11H13BrN2OS2. The summed E-state index contributed by atoms with van der Waals surface area (Å²) in [6.45, 7) is 1.49. The number of rotatable bonds is 2. The van der Waals surface area contributed by atoms with Crippen molar-refractivity contribution in [2.75, 3.05) is 13.1 Å². The molecule has 1 aromatic rings. The van der Waals surface area contributed by atoms with Gasteiger partial charge in [0.25, 0.3) is 5.91 Å². The molecule has 0 radical (unpaired) electrons. The number of thiophene rings is 1. The molecule has 17 heavy (non-hydrogen) atoms. The highest BCUT2D eigenvalue weighted by molar-refractivity contribution is 9.11. The summed E-state index contributed by atoms with van der Waals surface area (Å²) in [6.07, 6.45) is 1.77. The molecule has 1 amide bonds. The number of nitrogens with zero attached hydrogens (tertiary/aromatic N) is 1. The van der Waals surface area contributed by atoms with E-state index in [0.717, 1.165) is 34.6 Å². The molecule has 1 fully saturated rings. The lowest BCUT2D eigenvalue weighted by molar-refractivity contribution is 0.0715. The van der Waals surface area contributed by atoms with Crippen molar-refractivity contribution in [3.63, 3.8) is 0 Å². The lowest BCUT2D eigenvalue weighted by Crippen LogP contribution is -2.41. The quantitative estimate of drug-likeness (QED) is 0.847. The maximum absolute atomic E-state index is 12.1. The second kappa shape index (κ2) is 5.46. The van der Waals surface area contributed by atoms with E-state index in [2.05, 4.69) is 15.9 Å². The average molecular weight is 333 g/mol. The second-order valence-corrected chi connectivity index (χ2v) is 7.01. The number of likely N-dealkylation sites (tertiary alicyclic amines) is 1. The predicted molar refractivity (Wildman–Crippen MR) is 77.4 cm³/mol. The Labute approximate surface area is 118 Å². The van der Waals surface area contributed by atoms with Gasteiger partial charge in [-0.25, -0.2) is 0 Å². The third-order valence-corrected chi connectivity index (χ3v) is 4.91. The molecule has 6 heteroatoms. The van der Waals surface area contributed by atoms with Crippen LogP contribution in [0.25, 0.3) is 0 Å². The van der Waals surface area contributed by atoms with Crippen molar-refractivity contribution in [2.45, 2.75) is 12.8 Å². The fraction of sp³-hybridized carbons (Fsp3) is 0.455. The lowest BCUT2D eigenvalue weighted by atomic mass is 9.97. The molecule has 0 atom stereocenters. The van der Waals surface area contributed by atoms with Gasteiger partial charge in [-0.3, -0.25) is 4.79 Å². The molecule has 1 aromatic heterocycles. The third-order valence-electron chi connectivity index (χ3n) is 2.97. The zero-order chi connectivity index (χ0) is 12.4. The molecule has 1 aliphatic heterocycles. The van der Waals surface area contributed by atoms with Crippen LogP contribution in [-0.4, -0.2) is 28.9 Å². The molecule has 3 nitrogen and oxygen atoms in total. The smallest absolute Gasteiger partial charge is 0.263 e. The van der Waals surface area contributed by atoms with Gasteiger partial charge in [0, 0.05) is 19.0 Å². The molecule has 0 bridgehead atoms. The van der Waals surface area contributed by atoms with Gasteiger partial charge < -0.3 is 10.6 Å². The Morgan fingerprint density at radius 3 is 2.59 bits per heavy atom. The van der Waals surface area contributed by atoms with Crippen LogP contribution in [-0.2, 0) is 0 Å². The normalized spacial score (nSPS) is 17.1. The van der Waals surface area contributed by atoms with E-state index < -0.39 is 0 Å². The monoisotopic (exact) mass is 332 g/mol. The van der Waals surface area contributed by atoms with E-state index in [4.69, 9.17) is 18.0 Å². The first-order valence-corrected chi connectivity index (χ1v) is 7.43. The van der Waals surface area contributed by atoms with Crippen molar-refractivity contribution >= 4 is 50.4 Å². The minimum Gasteiger partial charge on any atom is -0.393 e. The number of hydrogen-bond acceptors (Lipinski definition) is 3.